The molecule has 2 aromatic rings. The summed E-state index contributed by atoms with van der Waals surface area (Å²) in [6.45, 7) is 4.76. The van der Waals surface area contributed by atoms with E-state index in [2.05, 4.69) is 5.32 Å². The lowest BCUT2D eigenvalue weighted by atomic mass is 10.1. The fourth-order valence-corrected chi connectivity index (χ4v) is 4.56. The summed E-state index contributed by atoms with van der Waals surface area (Å²) < 4.78 is 12.3. The molecule has 30 heavy (non-hydrogen) atoms. The first-order chi connectivity index (χ1) is 14.5. The highest BCUT2D eigenvalue weighted by Crippen LogP contribution is 2.28. The molecule has 2 fully saturated rings. The molecule has 1 amide bonds. The number of carbonyl (C=O) groups is 1. The van der Waals surface area contributed by atoms with Crippen LogP contribution in [0.3, 0.4) is 0 Å². The Kier molecular flexibility index (Phi) is 5.81. The van der Waals surface area contributed by atoms with Crippen LogP contribution in [0.15, 0.2) is 35.3 Å². The van der Waals surface area contributed by atoms with Gasteiger partial charge in [-0.05, 0) is 61.6 Å². The second kappa shape index (κ2) is 8.52. The van der Waals surface area contributed by atoms with Crippen molar-refractivity contribution in [2.75, 3.05) is 33.9 Å². The van der Waals surface area contributed by atoms with Crippen LogP contribution in [-0.2, 0) is 13.0 Å². The van der Waals surface area contributed by atoms with Crippen molar-refractivity contribution in [2.45, 2.75) is 32.4 Å². The number of amides is 1. The number of aromatic nitrogens is 1. The number of aryl methyl sites for hydroxylation is 3. The number of carbonyl (C=O) groups excluding carboxylic acids is 1. The van der Waals surface area contributed by atoms with E-state index >= 15 is 0 Å². The molecule has 7 nitrogen and oxygen atoms in total. The van der Waals surface area contributed by atoms with Gasteiger partial charge >= 0.3 is 0 Å². The maximum Gasteiger partial charge on any atom is 0.263 e. The molecule has 0 saturated carbocycles. The van der Waals surface area contributed by atoms with E-state index < -0.39 is 0 Å². The lowest BCUT2D eigenvalue weighted by molar-refractivity contribution is 0.0779. The molecule has 0 unspecified atom stereocenters. The first-order valence-corrected chi connectivity index (χ1v) is 10.5. The van der Waals surface area contributed by atoms with Gasteiger partial charge in [0.05, 0.1) is 14.2 Å². The van der Waals surface area contributed by atoms with E-state index in [4.69, 9.17) is 9.47 Å². The van der Waals surface area contributed by atoms with Crippen LogP contribution in [0.25, 0.3) is 0 Å². The van der Waals surface area contributed by atoms with Crippen molar-refractivity contribution < 1.29 is 14.3 Å². The number of hydrogen-bond donors (Lipinski definition) is 1. The van der Waals surface area contributed by atoms with E-state index in [0.717, 1.165) is 30.6 Å². The molecule has 1 aromatic carbocycles. The molecular weight excluding hydrogens is 382 g/mol. The first kappa shape index (κ1) is 20.5. The van der Waals surface area contributed by atoms with Crippen LogP contribution < -0.4 is 20.3 Å². The summed E-state index contributed by atoms with van der Waals surface area (Å²) in [5.41, 5.74) is 1.85. The number of benzene rings is 1. The summed E-state index contributed by atoms with van der Waals surface area (Å²) in [7, 11) is 3.21. The van der Waals surface area contributed by atoms with Crippen molar-refractivity contribution in [1.29, 1.82) is 0 Å². The van der Waals surface area contributed by atoms with E-state index in [-0.39, 0.29) is 11.5 Å². The number of likely N-dealkylation sites (tertiary alicyclic amines) is 1. The molecule has 7 heteroatoms. The van der Waals surface area contributed by atoms with Gasteiger partial charge in [0.1, 0.15) is 5.56 Å². The summed E-state index contributed by atoms with van der Waals surface area (Å²) in [6.07, 6.45) is 3.52. The van der Waals surface area contributed by atoms with Crippen LogP contribution in [0.1, 0.15) is 27.9 Å². The first-order valence-electron chi connectivity index (χ1n) is 10.5. The van der Waals surface area contributed by atoms with E-state index in [0.29, 0.717) is 48.5 Å². The molecule has 0 spiro atoms. The minimum atomic E-state index is -0.217. The van der Waals surface area contributed by atoms with Gasteiger partial charge in [0, 0.05) is 31.9 Å². The van der Waals surface area contributed by atoms with Crippen molar-refractivity contribution in [3.8, 4) is 11.5 Å². The normalized spacial score (nSPS) is 20.3. The molecule has 160 valence electrons. The minimum Gasteiger partial charge on any atom is -0.493 e. The molecule has 2 aliphatic rings. The third-order valence-corrected chi connectivity index (χ3v) is 6.33. The molecule has 4 rings (SSSR count). The largest absolute Gasteiger partial charge is 0.493 e. The number of nitrogens with one attached hydrogen (secondary N) is 1. The smallest absolute Gasteiger partial charge is 0.263 e. The van der Waals surface area contributed by atoms with Crippen LogP contribution in [-0.4, -0.2) is 55.3 Å². The summed E-state index contributed by atoms with van der Waals surface area (Å²) in [5, 5.41) is 3.46. The van der Waals surface area contributed by atoms with Crippen LogP contribution in [0.5, 0.6) is 11.5 Å². The number of hydrogen-bond acceptors (Lipinski definition) is 5. The van der Waals surface area contributed by atoms with E-state index in [1.807, 2.05) is 36.1 Å². The molecule has 1 aromatic heterocycles. The molecule has 2 atom stereocenters. The third kappa shape index (κ3) is 3.81. The topological polar surface area (TPSA) is 72.8 Å². The zero-order valence-corrected chi connectivity index (χ0v) is 17.8. The SMILES string of the molecule is COc1ccc(CCn2ccc(C)c(C(=O)N3C[C@@H]4CCN[C@@H]4C3)c2=O)cc1OC. The zero-order valence-electron chi connectivity index (χ0n) is 17.8. The molecule has 2 aliphatic heterocycles. The molecule has 1 N–H and O–H groups in total. The Morgan fingerprint density at radius 1 is 1.17 bits per heavy atom. The predicted octanol–water partition coefficient (Wildman–Crippen LogP) is 1.85. The Bertz CT molecular complexity index is 988. The van der Waals surface area contributed by atoms with Gasteiger partial charge in [-0.25, -0.2) is 0 Å². The Balaban J connectivity index is 1.52. The van der Waals surface area contributed by atoms with Crippen LogP contribution in [0.4, 0.5) is 0 Å². The van der Waals surface area contributed by atoms with Crippen LogP contribution >= 0.6 is 0 Å². The fourth-order valence-electron chi connectivity index (χ4n) is 4.56. The van der Waals surface area contributed by atoms with Crippen molar-refractivity contribution in [3.05, 3.63) is 57.5 Å². The molecule has 0 aliphatic carbocycles. The van der Waals surface area contributed by atoms with E-state index in [9.17, 15) is 9.59 Å². The second-order valence-corrected chi connectivity index (χ2v) is 8.13. The molecule has 2 saturated heterocycles. The van der Waals surface area contributed by atoms with Crippen molar-refractivity contribution in [1.82, 2.24) is 14.8 Å². The summed E-state index contributed by atoms with van der Waals surface area (Å²) >= 11 is 0. The maximum absolute atomic E-state index is 13.2. The Labute approximate surface area is 176 Å². The van der Waals surface area contributed by atoms with Crippen LogP contribution in [0.2, 0.25) is 0 Å². The summed E-state index contributed by atoms with van der Waals surface area (Å²) in [4.78, 5) is 28.1. The van der Waals surface area contributed by atoms with Crippen LogP contribution in [0, 0.1) is 12.8 Å². The Morgan fingerprint density at radius 3 is 2.70 bits per heavy atom. The van der Waals surface area contributed by atoms with E-state index in [1.165, 1.54) is 0 Å². The average Bonchev–Trinajstić information content (AvgIpc) is 3.35. The quantitative estimate of drug-likeness (QED) is 0.786. The highest BCUT2D eigenvalue weighted by atomic mass is 16.5. The summed E-state index contributed by atoms with van der Waals surface area (Å²) in [5.74, 6) is 1.70. The second-order valence-electron chi connectivity index (χ2n) is 8.13. The fraction of sp³-hybridized carbons (Fsp3) is 0.478. The van der Waals surface area contributed by atoms with Gasteiger partial charge in [-0.1, -0.05) is 6.07 Å². The lowest BCUT2D eigenvalue weighted by Gasteiger charge is -2.19. The van der Waals surface area contributed by atoms with E-state index in [1.54, 1.807) is 25.0 Å². The Morgan fingerprint density at radius 2 is 1.97 bits per heavy atom. The van der Waals surface area contributed by atoms with Crippen molar-refractivity contribution in [3.63, 3.8) is 0 Å². The van der Waals surface area contributed by atoms with Gasteiger partial charge < -0.3 is 24.3 Å². The standard InChI is InChI=1S/C23H29N3O4/c1-15-7-10-25(11-8-16-4-5-19(29-2)20(12-16)30-3)22(27)21(15)23(28)26-13-17-6-9-24-18(17)14-26/h4-5,7,10,12,17-18,24H,6,8-9,11,13-14H2,1-3H3/t17-,18+/m0/s1. The van der Waals surface area contributed by atoms with Gasteiger partial charge in [-0.2, -0.15) is 0 Å². The van der Waals surface area contributed by atoms with Gasteiger partial charge in [-0.3, -0.25) is 9.59 Å². The van der Waals surface area contributed by atoms with Gasteiger partial charge in [0.15, 0.2) is 11.5 Å². The number of pyridine rings is 1. The molecular formula is C23H29N3O4. The minimum absolute atomic E-state index is 0.144. The number of methoxy groups -OCH3 is 2. The monoisotopic (exact) mass is 411 g/mol. The lowest BCUT2D eigenvalue weighted by Crippen LogP contribution is -2.38. The van der Waals surface area contributed by atoms with Crippen molar-refractivity contribution in [2.24, 2.45) is 5.92 Å². The number of ether oxygens (including phenoxy) is 2. The Hall–Kier alpha value is -2.80. The summed E-state index contributed by atoms with van der Waals surface area (Å²) in [6, 6.07) is 7.96. The third-order valence-electron chi connectivity index (χ3n) is 6.33. The molecule has 0 radical (unpaired) electrons. The average molecular weight is 412 g/mol. The highest BCUT2D eigenvalue weighted by molar-refractivity contribution is 5.95. The van der Waals surface area contributed by atoms with Gasteiger partial charge in [0.25, 0.3) is 11.5 Å². The van der Waals surface area contributed by atoms with Crippen molar-refractivity contribution >= 4 is 5.91 Å². The predicted molar refractivity (Wildman–Crippen MR) is 114 cm³/mol. The molecule has 3 heterocycles. The van der Waals surface area contributed by atoms with Gasteiger partial charge in [0.2, 0.25) is 0 Å². The maximum atomic E-state index is 13.2. The zero-order chi connectivity index (χ0) is 21.3. The number of rotatable bonds is 6. The highest BCUT2D eigenvalue weighted by Gasteiger charge is 2.39. The molecule has 0 bridgehead atoms. The number of nitrogens with zero attached hydrogens (tertiary/aromatic N) is 2. The van der Waals surface area contributed by atoms with Gasteiger partial charge in [-0.15, -0.1) is 0 Å². The number of fused-ring (bicyclic) bond motifs is 1.